The maximum Gasteiger partial charge on any atom is 0.273 e. The number of benzene rings is 2. The Bertz CT molecular complexity index is 852. The van der Waals surface area contributed by atoms with E-state index in [9.17, 15) is 14.9 Å². The molecule has 136 valence electrons. The molecule has 7 heteroatoms. The molecular weight excluding hydrogens is 350 g/mol. The van der Waals surface area contributed by atoms with Gasteiger partial charge < -0.3 is 5.32 Å². The molecule has 6 nitrogen and oxygen atoms in total. The molecule has 0 radical (unpaired) electrons. The first-order valence-electron chi connectivity index (χ1n) is 8.30. The average Bonchev–Trinajstić information content (AvgIpc) is 2.61. The summed E-state index contributed by atoms with van der Waals surface area (Å²) >= 11 is 5.25. The molecular formula is C19H21N3O3S. The fourth-order valence-electron chi connectivity index (χ4n) is 2.65. The highest BCUT2D eigenvalue weighted by Crippen LogP contribution is 2.26. The molecule has 0 spiro atoms. The maximum absolute atomic E-state index is 12.5. The molecule has 1 unspecified atom stereocenters. The highest BCUT2D eigenvalue weighted by molar-refractivity contribution is 7.80. The number of thiocarbonyl (C=S) groups is 1. The second kappa shape index (κ2) is 8.53. The number of hydrogen-bond donors (Lipinski definition) is 2. The lowest BCUT2D eigenvalue weighted by Crippen LogP contribution is -2.34. The Morgan fingerprint density at radius 2 is 1.92 bits per heavy atom. The van der Waals surface area contributed by atoms with Gasteiger partial charge in [-0.25, -0.2) is 0 Å². The standard InChI is InChI=1S/C19H21N3O3S/c1-4-12(2)14-8-5-6-10-16(14)20-19(26)21-18(23)15-9-7-11-17(13(15)3)22(24)25/h5-12H,4H2,1-3H3,(H2,20,21,23,26). The second-order valence-electron chi connectivity index (χ2n) is 6.01. The SMILES string of the molecule is CCC(C)c1ccccc1NC(=S)NC(=O)c1cccc([N+](=O)[O-])c1C. The van der Waals surface area contributed by atoms with Gasteiger partial charge in [0.1, 0.15) is 0 Å². The van der Waals surface area contributed by atoms with Crippen molar-refractivity contribution in [1.82, 2.24) is 5.32 Å². The van der Waals surface area contributed by atoms with E-state index in [1.165, 1.54) is 18.2 Å². The normalized spacial score (nSPS) is 11.5. The predicted molar refractivity (Wildman–Crippen MR) is 107 cm³/mol. The van der Waals surface area contributed by atoms with Crippen LogP contribution in [-0.4, -0.2) is 15.9 Å². The third kappa shape index (κ3) is 4.43. The quantitative estimate of drug-likeness (QED) is 0.458. The maximum atomic E-state index is 12.5. The van der Waals surface area contributed by atoms with Gasteiger partial charge in [-0.05, 0) is 49.2 Å². The number of hydrogen-bond acceptors (Lipinski definition) is 4. The summed E-state index contributed by atoms with van der Waals surface area (Å²) in [5.41, 5.74) is 2.37. The molecule has 0 bridgehead atoms. The van der Waals surface area contributed by atoms with Crippen molar-refractivity contribution in [2.24, 2.45) is 0 Å². The van der Waals surface area contributed by atoms with Crippen molar-refractivity contribution in [2.75, 3.05) is 5.32 Å². The number of nitrogens with one attached hydrogen (secondary N) is 2. The monoisotopic (exact) mass is 371 g/mol. The van der Waals surface area contributed by atoms with Crippen LogP contribution in [0.3, 0.4) is 0 Å². The molecule has 0 aromatic heterocycles. The van der Waals surface area contributed by atoms with Gasteiger partial charge in [0.15, 0.2) is 5.11 Å². The van der Waals surface area contributed by atoms with Crippen LogP contribution >= 0.6 is 12.2 Å². The summed E-state index contributed by atoms with van der Waals surface area (Å²) < 4.78 is 0. The number of amides is 1. The van der Waals surface area contributed by atoms with Crippen LogP contribution in [0.4, 0.5) is 11.4 Å². The van der Waals surface area contributed by atoms with E-state index in [1.807, 2.05) is 24.3 Å². The van der Waals surface area contributed by atoms with Gasteiger partial charge in [0, 0.05) is 22.9 Å². The molecule has 0 fully saturated rings. The van der Waals surface area contributed by atoms with Gasteiger partial charge in [-0.15, -0.1) is 0 Å². The fourth-order valence-corrected chi connectivity index (χ4v) is 2.85. The minimum absolute atomic E-state index is 0.0985. The van der Waals surface area contributed by atoms with Gasteiger partial charge in [0.05, 0.1) is 4.92 Å². The summed E-state index contributed by atoms with van der Waals surface area (Å²) in [7, 11) is 0. The Labute approximate surface area is 157 Å². The van der Waals surface area contributed by atoms with Gasteiger partial charge in [0.2, 0.25) is 0 Å². The van der Waals surface area contributed by atoms with Gasteiger partial charge >= 0.3 is 0 Å². The molecule has 1 amide bonds. The summed E-state index contributed by atoms with van der Waals surface area (Å²) in [5, 5.41) is 16.8. The van der Waals surface area contributed by atoms with E-state index in [2.05, 4.69) is 24.5 Å². The van der Waals surface area contributed by atoms with Crippen molar-refractivity contribution >= 4 is 34.6 Å². The van der Waals surface area contributed by atoms with Gasteiger partial charge in [-0.2, -0.15) is 0 Å². The molecule has 0 saturated heterocycles. The summed E-state index contributed by atoms with van der Waals surface area (Å²) in [6.07, 6.45) is 0.977. The van der Waals surface area contributed by atoms with Crippen LogP contribution in [0.25, 0.3) is 0 Å². The number of anilines is 1. The molecule has 0 aliphatic rings. The third-order valence-electron chi connectivity index (χ3n) is 4.33. The van der Waals surface area contributed by atoms with Crippen LogP contribution in [0.5, 0.6) is 0 Å². The zero-order valence-corrected chi connectivity index (χ0v) is 15.7. The molecule has 1 atom stereocenters. The van der Waals surface area contributed by atoms with Crippen LogP contribution in [0.1, 0.15) is 47.7 Å². The minimum Gasteiger partial charge on any atom is -0.332 e. The van der Waals surface area contributed by atoms with Crippen molar-refractivity contribution in [3.8, 4) is 0 Å². The molecule has 0 aliphatic carbocycles. The number of nitro benzene ring substituents is 1. The van der Waals surface area contributed by atoms with Crippen LogP contribution in [0.2, 0.25) is 0 Å². The molecule has 0 saturated carbocycles. The Morgan fingerprint density at radius 3 is 2.58 bits per heavy atom. The first-order valence-corrected chi connectivity index (χ1v) is 8.71. The molecule has 26 heavy (non-hydrogen) atoms. The van der Waals surface area contributed by atoms with E-state index in [4.69, 9.17) is 12.2 Å². The second-order valence-corrected chi connectivity index (χ2v) is 6.42. The van der Waals surface area contributed by atoms with Crippen molar-refractivity contribution in [2.45, 2.75) is 33.1 Å². The first kappa shape index (κ1) is 19.5. The Kier molecular flexibility index (Phi) is 6.41. The topological polar surface area (TPSA) is 84.3 Å². The van der Waals surface area contributed by atoms with E-state index in [0.29, 0.717) is 11.5 Å². The van der Waals surface area contributed by atoms with E-state index in [0.717, 1.165) is 17.7 Å². The number of nitro groups is 1. The highest BCUT2D eigenvalue weighted by atomic mass is 32.1. The molecule has 0 aliphatic heterocycles. The number of rotatable bonds is 5. The van der Waals surface area contributed by atoms with E-state index in [-0.39, 0.29) is 16.4 Å². The van der Waals surface area contributed by atoms with Gasteiger partial charge in [-0.3, -0.25) is 20.2 Å². The largest absolute Gasteiger partial charge is 0.332 e. The smallest absolute Gasteiger partial charge is 0.273 e. The lowest BCUT2D eigenvalue weighted by Gasteiger charge is -2.17. The molecule has 2 aromatic carbocycles. The summed E-state index contributed by atoms with van der Waals surface area (Å²) in [6, 6.07) is 12.2. The summed E-state index contributed by atoms with van der Waals surface area (Å²) in [5.74, 6) is -0.138. The number of para-hydroxylation sites is 1. The van der Waals surface area contributed by atoms with Crippen molar-refractivity contribution in [3.05, 3.63) is 69.3 Å². The molecule has 0 heterocycles. The zero-order chi connectivity index (χ0) is 19.3. The number of nitrogens with zero attached hydrogens (tertiary/aromatic N) is 1. The van der Waals surface area contributed by atoms with Crippen LogP contribution < -0.4 is 10.6 Å². The van der Waals surface area contributed by atoms with Crippen LogP contribution in [0.15, 0.2) is 42.5 Å². The summed E-state index contributed by atoms with van der Waals surface area (Å²) in [6.45, 7) is 5.77. The minimum atomic E-state index is -0.509. The lowest BCUT2D eigenvalue weighted by molar-refractivity contribution is -0.385. The third-order valence-corrected chi connectivity index (χ3v) is 4.53. The van der Waals surface area contributed by atoms with Gasteiger partial charge in [-0.1, -0.05) is 38.1 Å². The first-order chi connectivity index (χ1) is 12.3. The van der Waals surface area contributed by atoms with Crippen molar-refractivity contribution in [3.63, 3.8) is 0 Å². The Balaban J connectivity index is 2.16. The van der Waals surface area contributed by atoms with E-state index >= 15 is 0 Å². The molecule has 2 aromatic rings. The predicted octanol–water partition coefficient (Wildman–Crippen LogP) is 4.54. The van der Waals surface area contributed by atoms with E-state index < -0.39 is 10.8 Å². The highest BCUT2D eigenvalue weighted by Gasteiger charge is 2.19. The van der Waals surface area contributed by atoms with Crippen LogP contribution in [0, 0.1) is 17.0 Å². The Morgan fingerprint density at radius 1 is 1.23 bits per heavy atom. The van der Waals surface area contributed by atoms with Crippen molar-refractivity contribution < 1.29 is 9.72 Å². The lowest BCUT2D eigenvalue weighted by atomic mass is 9.97. The Hall–Kier alpha value is -2.80. The van der Waals surface area contributed by atoms with Crippen LogP contribution in [-0.2, 0) is 0 Å². The number of carbonyl (C=O) groups excluding carboxylic acids is 1. The average molecular weight is 371 g/mol. The van der Waals surface area contributed by atoms with Crippen molar-refractivity contribution in [1.29, 1.82) is 0 Å². The van der Waals surface area contributed by atoms with Gasteiger partial charge in [0.25, 0.3) is 11.6 Å². The molecule has 2 rings (SSSR count). The fraction of sp³-hybridized carbons (Fsp3) is 0.263. The zero-order valence-electron chi connectivity index (χ0n) is 14.9. The molecule has 2 N–H and O–H groups in total. The number of carbonyl (C=O) groups is 1. The summed E-state index contributed by atoms with van der Waals surface area (Å²) in [4.78, 5) is 23.0. The van der Waals surface area contributed by atoms with E-state index in [1.54, 1.807) is 6.92 Å².